The average molecular weight is 804 g/mol. The zero-order chi connectivity index (χ0) is 37.2. The number of allylic oxidation sites excluding steroid dienone is 2. The molecule has 16 heteroatoms. The molecule has 0 radical (unpaired) electrons. The molecule has 0 aliphatic carbocycles. The van der Waals surface area contributed by atoms with Gasteiger partial charge in [-0.25, -0.2) is 21.4 Å². The topological polar surface area (TPSA) is 130 Å². The van der Waals surface area contributed by atoms with Crippen LogP contribution in [0.25, 0.3) is 28.5 Å². The lowest BCUT2D eigenvalue weighted by atomic mass is 10.1. The summed E-state index contributed by atoms with van der Waals surface area (Å²) in [4.78, 5) is 2.96. The molecule has 2 heterocycles. The van der Waals surface area contributed by atoms with Crippen LogP contribution in [0.4, 0.5) is 11.4 Å². The van der Waals surface area contributed by atoms with E-state index in [-0.39, 0.29) is 9.79 Å². The van der Waals surface area contributed by atoms with E-state index in [2.05, 4.69) is 13.2 Å². The first kappa shape index (κ1) is 36.7. The van der Waals surface area contributed by atoms with Gasteiger partial charge in [-0.2, -0.15) is 4.57 Å². The Bertz CT molecular complexity index is 2580. The Hall–Kier alpha value is -4.11. The molecule has 0 amide bonds. The fourth-order valence-corrected chi connectivity index (χ4v) is 7.36. The molecular weight excluding hydrogens is 778 g/mol. The molecule has 0 N–H and O–H groups in total. The maximum atomic E-state index is 11.5. The quantitative estimate of drug-likeness (QED) is 0.114. The minimum absolute atomic E-state index is 0.305. The zero-order valence-corrected chi connectivity index (χ0v) is 31.3. The van der Waals surface area contributed by atoms with Crippen molar-refractivity contribution >= 4 is 107 Å². The molecule has 0 fully saturated rings. The van der Waals surface area contributed by atoms with Crippen molar-refractivity contribution in [3.05, 3.63) is 141 Å². The SMILES string of the molecule is C=C(c1ccc(S(=O)(=O)[O-])cc1)N1C(=CC=Cc2n(C(=C)c3ccc(S(=O)(=O)[O-])cc3)c3cc(Cl)c(Cl)cc3[n+]2C)N(C)c2cc(Cl)c(Cl)cc21. The number of rotatable bonds is 8. The van der Waals surface area contributed by atoms with E-state index in [9.17, 15) is 25.9 Å². The van der Waals surface area contributed by atoms with Gasteiger partial charge in [0.25, 0.3) is 5.82 Å². The van der Waals surface area contributed by atoms with Gasteiger partial charge in [-0.1, -0.05) is 77.8 Å². The third-order valence-corrected chi connectivity index (χ3v) is 11.5. The van der Waals surface area contributed by atoms with E-state index in [4.69, 9.17) is 46.4 Å². The molecule has 0 saturated heterocycles. The third kappa shape index (κ3) is 6.82. The first-order chi connectivity index (χ1) is 23.9. The van der Waals surface area contributed by atoms with Crippen LogP contribution in [0.2, 0.25) is 20.1 Å². The van der Waals surface area contributed by atoms with Gasteiger partial charge in [-0.05, 0) is 60.2 Å². The predicted octanol–water partition coefficient (Wildman–Crippen LogP) is 7.89. The summed E-state index contributed by atoms with van der Waals surface area (Å²) in [7, 11) is -5.64. The van der Waals surface area contributed by atoms with E-state index in [1.54, 1.807) is 30.3 Å². The van der Waals surface area contributed by atoms with Gasteiger partial charge in [-0.15, -0.1) is 0 Å². The van der Waals surface area contributed by atoms with Gasteiger partial charge in [0.2, 0.25) is 0 Å². The standard InChI is InChI=1S/C35H26Cl4N4O6S2/c1-20(22-8-12-24(13-9-22)50(44,45)46)42-32-18-28(38)26(36)16-30(32)40(3)34(42)6-5-7-35-41(4)31-17-27(37)29(39)19-33(31)43(35)21(2)23-10-14-25(15-11-23)51(47,48)49/h5-19H,1-2H2,3-4H3,(H-,44,45,46,47,48,49)/p-1. The Morgan fingerprint density at radius 2 is 1.20 bits per heavy atom. The summed E-state index contributed by atoms with van der Waals surface area (Å²) in [5, 5.41) is 1.28. The number of nitrogens with zero attached hydrogens (tertiary/aromatic N) is 4. The van der Waals surface area contributed by atoms with Crippen molar-refractivity contribution in [3.8, 4) is 0 Å². The Kier molecular flexibility index (Phi) is 9.68. The van der Waals surface area contributed by atoms with E-state index in [1.165, 1.54) is 48.5 Å². The molecule has 1 aliphatic rings. The lowest BCUT2D eigenvalue weighted by molar-refractivity contribution is -0.647. The highest BCUT2D eigenvalue weighted by molar-refractivity contribution is 7.86. The fourth-order valence-electron chi connectivity index (χ4n) is 5.79. The van der Waals surface area contributed by atoms with Gasteiger partial charge in [-0.3, -0.25) is 4.90 Å². The first-order valence-corrected chi connectivity index (χ1v) is 19.0. The van der Waals surface area contributed by atoms with Crippen LogP contribution in [-0.2, 0) is 27.3 Å². The second kappa shape index (κ2) is 13.5. The lowest BCUT2D eigenvalue weighted by Gasteiger charge is -2.25. The van der Waals surface area contributed by atoms with Crippen LogP contribution in [-0.4, -0.2) is 37.6 Å². The van der Waals surface area contributed by atoms with Gasteiger partial charge < -0.3 is 14.0 Å². The number of halogens is 4. The van der Waals surface area contributed by atoms with E-state index in [0.29, 0.717) is 76.7 Å². The van der Waals surface area contributed by atoms with E-state index >= 15 is 0 Å². The maximum absolute atomic E-state index is 11.5. The van der Waals surface area contributed by atoms with Crippen molar-refractivity contribution in [1.29, 1.82) is 0 Å². The Morgan fingerprint density at radius 3 is 1.73 bits per heavy atom. The number of hydrogen-bond acceptors (Lipinski definition) is 8. The van der Waals surface area contributed by atoms with Gasteiger partial charge in [0.15, 0.2) is 11.0 Å². The van der Waals surface area contributed by atoms with Crippen molar-refractivity contribution in [3.63, 3.8) is 0 Å². The highest BCUT2D eigenvalue weighted by atomic mass is 35.5. The average Bonchev–Trinajstić information content (AvgIpc) is 3.48. The molecule has 0 bridgehead atoms. The number of anilines is 2. The number of hydrogen-bond donors (Lipinski definition) is 0. The monoisotopic (exact) mass is 801 g/mol. The van der Waals surface area contributed by atoms with Gasteiger partial charge >= 0.3 is 0 Å². The molecule has 262 valence electrons. The summed E-state index contributed by atoms with van der Waals surface area (Å²) in [6.45, 7) is 8.56. The largest absolute Gasteiger partial charge is 0.744 e. The summed E-state index contributed by atoms with van der Waals surface area (Å²) in [6, 6.07) is 17.7. The molecule has 0 atom stereocenters. The van der Waals surface area contributed by atoms with Crippen LogP contribution in [0.15, 0.2) is 114 Å². The summed E-state index contributed by atoms with van der Waals surface area (Å²) in [6.07, 6.45) is 5.44. The predicted molar refractivity (Wildman–Crippen MR) is 200 cm³/mol. The van der Waals surface area contributed by atoms with E-state index in [1.807, 2.05) is 45.2 Å². The van der Waals surface area contributed by atoms with Crippen LogP contribution in [0.3, 0.4) is 0 Å². The fraction of sp³-hybridized carbons (Fsp3) is 0.0571. The molecule has 1 aromatic heterocycles. The molecule has 1 aliphatic heterocycles. The third-order valence-electron chi connectivity index (χ3n) is 8.37. The second-order valence-corrected chi connectivity index (χ2v) is 15.8. The van der Waals surface area contributed by atoms with Crippen molar-refractivity contribution in [2.75, 3.05) is 16.8 Å². The van der Waals surface area contributed by atoms with Crippen molar-refractivity contribution < 1.29 is 30.5 Å². The van der Waals surface area contributed by atoms with Crippen molar-refractivity contribution in [1.82, 2.24) is 4.57 Å². The zero-order valence-electron chi connectivity index (χ0n) is 26.6. The molecule has 5 aromatic rings. The van der Waals surface area contributed by atoms with Crippen LogP contribution < -0.4 is 14.4 Å². The number of benzene rings is 4. The summed E-state index contributed by atoms with van der Waals surface area (Å²) in [5.41, 5.74) is 4.71. The van der Waals surface area contributed by atoms with E-state index < -0.39 is 20.2 Å². The number of aromatic nitrogens is 2. The van der Waals surface area contributed by atoms with Crippen LogP contribution in [0, 0.1) is 0 Å². The molecule has 6 rings (SSSR count). The van der Waals surface area contributed by atoms with Crippen LogP contribution in [0.1, 0.15) is 17.0 Å². The minimum atomic E-state index is -4.65. The summed E-state index contributed by atoms with van der Waals surface area (Å²) in [5.74, 6) is 1.24. The number of imidazole rings is 1. The molecular formula is C35H25Cl4N4O6S2-. The molecule has 0 spiro atoms. The number of aryl methyl sites for hydroxylation is 1. The first-order valence-electron chi connectivity index (χ1n) is 14.7. The van der Waals surface area contributed by atoms with Crippen molar-refractivity contribution in [2.24, 2.45) is 7.05 Å². The summed E-state index contributed by atoms with van der Waals surface area (Å²) >= 11 is 25.7. The summed E-state index contributed by atoms with van der Waals surface area (Å²) < 4.78 is 73.0. The van der Waals surface area contributed by atoms with E-state index in [0.717, 1.165) is 0 Å². The number of fused-ring (bicyclic) bond motifs is 2. The molecule has 51 heavy (non-hydrogen) atoms. The Balaban J connectivity index is 1.47. The highest BCUT2D eigenvalue weighted by Crippen LogP contribution is 2.48. The highest BCUT2D eigenvalue weighted by Gasteiger charge is 2.32. The molecule has 10 nitrogen and oxygen atoms in total. The molecule has 4 aromatic carbocycles. The second-order valence-electron chi connectivity index (χ2n) is 11.4. The molecule has 0 saturated carbocycles. The normalized spacial score (nSPS) is 14.2. The van der Waals surface area contributed by atoms with Gasteiger partial charge in [0.05, 0.1) is 48.3 Å². The molecule has 0 unspecified atom stereocenters. The lowest BCUT2D eigenvalue weighted by Crippen LogP contribution is -2.31. The minimum Gasteiger partial charge on any atom is -0.744 e. The smallest absolute Gasteiger partial charge is 0.287 e. The van der Waals surface area contributed by atoms with Crippen molar-refractivity contribution in [2.45, 2.75) is 9.79 Å². The van der Waals surface area contributed by atoms with Crippen LogP contribution in [0.5, 0.6) is 0 Å². The van der Waals surface area contributed by atoms with Gasteiger partial charge in [0, 0.05) is 36.5 Å². The van der Waals surface area contributed by atoms with Gasteiger partial charge in [0.1, 0.15) is 31.8 Å². The van der Waals surface area contributed by atoms with Crippen LogP contribution >= 0.6 is 46.4 Å². The maximum Gasteiger partial charge on any atom is 0.287 e. The Morgan fingerprint density at radius 1 is 0.725 bits per heavy atom. The Labute approximate surface area is 314 Å².